The molecule has 8 nitrogen and oxygen atoms in total. The number of hydrogen-bond donors (Lipinski definition) is 2. The van der Waals surface area contributed by atoms with Gasteiger partial charge in [0.25, 0.3) is 11.6 Å². The summed E-state index contributed by atoms with van der Waals surface area (Å²) in [5.41, 5.74) is 4.30. The van der Waals surface area contributed by atoms with E-state index < -0.39 is 16.9 Å². The van der Waals surface area contributed by atoms with Gasteiger partial charge in [0.1, 0.15) is 11.5 Å². The first kappa shape index (κ1) is 20.5. The van der Waals surface area contributed by atoms with Crippen molar-refractivity contribution in [2.45, 2.75) is 13.0 Å². The van der Waals surface area contributed by atoms with Gasteiger partial charge < -0.3 is 9.84 Å². The van der Waals surface area contributed by atoms with E-state index in [0.717, 1.165) is 23.4 Å². The molecule has 3 aromatic carbocycles. The fourth-order valence-corrected chi connectivity index (χ4v) is 2.63. The molecule has 3 aromatic rings. The van der Waals surface area contributed by atoms with E-state index >= 15 is 0 Å². The fourth-order valence-electron chi connectivity index (χ4n) is 2.63. The van der Waals surface area contributed by atoms with Crippen LogP contribution < -0.4 is 10.2 Å². The number of amides is 1. The molecule has 1 atom stereocenters. The van der Waals surface area contributed by atoms with Gasteiger partial charge in [0.15, 0.2) is 6.10 Å². The molecular weight excluding hydrogens is 386 g/mol. The standard InChI is InChI=1S/C22H19N3O5/c1-15(30-20-10-7-17(8-11-20)16-5-3-2-4-6-16)22(27)24-23-14-18-13-19(25(28)29)9-12-21(18)26/h2-15,26H,1H3,(H,24,27)/b23-14+/t15-/m0/s1. The Morgan fingerprint density at radius 1 is 1.10 bits per heavy atom. The van der Waals surface area contributed by atoms with Gasteiger partial charge >= 0.3 is 0 Å². The van der Waals surface area contributed by atoms with Crippen LogP contribution in [-0.4, -0.2) is 28.3 Å². The molecule has 0 heterocycles. The summed E-state index contributed by atoms with van der Waals surface area (Å²) in [4.78, 5) is 22.4. The highest BCUT2D eigenvalue weighted by Gasteiger charge is 2.14. The van der Waals surface area contributed by atoms with E-state index in [1.165, 1.54) is 12.1 Å². The zero-order valence-corrected chi connectivity index (χ0v) is 16.1. The van der Waals surface area contributed by atoms with Crippen molar-refractivity contribution >= 4 is 17.8 Å². The minimum atomic E-state index is -0.830. The first-order valence-electron chi connectivity index (χ1n) is 9.06. The van der Waals surface area contributed by atoms with Crippen LogP contribution in [-0.2, 0) is 4.79 Å². The minimum absolute atomic E-state index is 0.106. The van der Waals surface area contributed by atoms with Crippen LogP contribution >= 0.6 is 0 Å². The molecule has 0 aliphatic rings. The number of nitrogens with zero attached hydrogens (tertiary/aromatic N) is 2. The van der Waals surface area contributed by atoms with Crippen LogP contribution in [0, 0.1) is 10.1 Å². The number of carbonyl (C=O) groups excluding carboxylic acids is 1. The van der Waals surface area contributed by atoms with E-state index in [1.807, 2.05) is 42.5 Å². The van der Waals surface area contributed by atoms with E-state index in [0.29, 0.717) is 5.75 Å². The van der Waals surface area contributed by atoms with Crippen LogP contribution in [0.4, 0.5) is 5.69 Å². The van der Waals surface area contributed by atoms with Gasteiger partial charge in [-0.3, -0.25) is 14.9 Å². The van der Waals surface area contributed by atoms with Crippen molar-refractivity contribution < 1.29 is 19.6 Å². The second kappa shape index (κ2) is 9.33. The number of non-ortho nitro benzene ring substituents is 1. The lowest BCUT2D eigenvalue weighted by atomic mass is 10.1. The molecule has 0 aliphatic carbocycles. The number of phenolic OH excluding ortho intramolecular Hbond substituents is 1. The summed E-state index contributed by atoms with van der Waals surface area (Å²) in [6.07, 6.45) is 0.296. The van der Waals surface area contributed by atoms with Crippen LogP contribution in [0.3, 0.4) is 0 Å². The summed E-state index contributed by atoms with van der Waals surface area (Å²) in [6, 6.07) is 20.7. The number of aromatic hydroxyl groups is 1. The van der Waals surface area contributed by atoms with Crippen molar-refractivity contribution in [3.8, 4) is 22.6 Å². The Morgan fingerprint density at radius 3 is 2.43 bits per heavy atom. The van der Waals surface area contributed by atoms with Gasteiger partial charge in [0.05, 0.1) is 11.1 Å². The molecule has 0 saturated heterocycles. The summed E-state index contributed by atoms with van der Waals surface area (Å²) < 4.78 is 5.62. The zero-order valence-electron chi connectivity index (χ0n) is 16.1. The quantitative estimate of drug-likeness (QED) is 0.352. The Labute approximate surface area is 172 Å². The Morgan fingerprint density at radius 2 is 1.77 bits per heavy atom. The normalized spacial score (nSPS) is 11.8. The number of benzene rings is 3. The van der Waals surface area contributed by atoms with E-state index in [4.69, 9.17) is 4.74 Å². The molecule has 1 amide bonds. The molecule has 8 heteroatoms. The van der Waals surface area contributed by atoms with E-state index in [9.17, 15) is 20.0 Å². The van der Waals surface area contributed by atoms with E-state index in [-0.39, 0.29) is 17.0 Å². The van der Waals surface area contributed by atoms with Gasteiger partial charge in [-0.05, 0) is 36.2 Å². The van der Waals surface area contributed by atoms with Crippen molar-refractivity contribution in [3.05, 3.63) is 88.5 Å². The Hall–Kier alpha value is -4.20. The predicted octanol–water partition coefficient (Wildman–Crippen LogP) is 3.89. The van der Waals surface area contributed by atoms with Gasteiger partial charge in [0.2, 0.25) is 0 Å². The zero-order chi connectivity index (χ0) is 21.5. The van der Waals surface area contributed by atoms with Crippen molar-refractivity contribution in [1.82, 2.24) is 5.43 Å². The summed E-state index contributed by atoms with van der Waals surface area (Å²) in [5, 5.41) is 24.3. The van der Waals surface area contributed by atoms with Crippen LogP contribution in [0.25, 0.3) is 11.1 Å². The van der Waals surface area contributed by atoms with Crippen molar-refractivity contribution in [1.29, 1.82) is 0 Å². The predicted molar refractivity (Wildman–Crippen MR) is 112 cm³/mol. The van der Waals surface area contributed by atoms with Crippen LogP contribution in [0.5, 0.6) is 11.5 Å². The number of phenols is 1. The van der Waals surface area contributed by atoms with Gasteiger partial charge in [-0.15, -0.1) is 0 Å². The average molecular weight is 405 g/mol. The molecule has 152 valence electrons. The molecule has 0 fully saturated rings. The van der Waals surface area contributed by atoms with Crippen molar-refractivity contribution in [2.75, 3.05) is 0 Å². The second-order valence-electron chi connectivity index (χ2n) is 6.38. The minimum Gasteiger partial charge on any atom is -0.507 e. The summed E-state index contributed by atoms with van der Waals surface area (Å²) in [5.74, 6) is -0.178. The molecule has 0 saturated carbocycles. The van der Waals surface area contributed by atoms with Crippen LogP contribution in [0.2, 0.25) is 0 Å². The van der Waals surface area contributed by atoms with E-state index in [2.05, 4.69) is 10.5 Å². The third kappa shape index (κ3) is 5.20. The average Bonchev–Trinajstić information content (AvgIpc) is 2.76. The third-order valence-electron chi connectivity index (χ3n) is 4.24. The highest BCUT2D eigenvalue weighted by Crippen LogP contribution is 2.23. The number of nitrogens with one attached hydrogen (secondary N) is 1. The lowest BCUT2D eigenvalue weighted by Crippen LogP contribution is -2.33. The molecule has 30 heavy (non-hydrogen) atoms. The first-order valence-corrected chi connectivity index (χ1v) is 9.06. The molecule has 0 aliphatic heterocycles. The number of hydrazone groups is 1. The smallest absolute Gasteiger partial charge is 0.280 e. The van der Waals surface area contributed by atoms with Crippen molar-refractivity contribution in [2.24, 2.45) is 5.10 Å². The second-order valence-corrected chi connectivity index (χ2v) is 6.38. The maximum absolute atomic E-state index is 12.2. The number of carbonyl (C=O) groups is 1. The lowest BCUT2D eigenvalue weighted by molar-refractivity contribution is -0.384. The summed E-state index contributed by atoms with van der Waals surface area (Å²) in [6.45, 7) is 1.57. The van der Waals surface area contributed by atoms with Gasteiger partial charge in [-0.1, -0.05) is 42.5 Å². The summed E-state index contributed by atoms with van der Waals surface area (Å²) in [7, 11) is 0. The first-order chi connectivity index (χ1) is 14.4. The maximum Gasteiger partial charge on any atom is 0.280 e. The lowest BCUT2D eigenvalue weighted by Gasteiger charge is -2.13. The van der Waals surface area contributed by atoms with Gasteiger partial charge in [-0.25, -0.2) is 5.43 Å². The van der Waals surface area contributed by atoms with Crippen molar-refractivity contribution in [3.63, 3.8) is 0 Å². The highest BCUT2D eigenvalue weighted by molar-refractivity contribution is 5.87. The number of nitro benzene ring substituents is 1. The molecule has 0 spiro atoms. The molecule has 0 radical (unpaired) electrons. The third-order valence-corrected chi connectivity index (χ3v) is 4.24. The van der Waals surface area contributed by atoms with Crippen LogP contribution in [0.15, 0.2) is 77.9 Å². The molecule has 0 unspecified atom stereocenters. The Bertz CT molecular complexity index is 1070. The molecule has 0 bridgehead atoms. The van der Waals surface area contributed by atoms with Gasteiger partial charge in [0, 0.05) is 17.7 Å². The summed E-state index contributed by atoms with van der Waals surface area (Å²) >= 11 is 0. The SMILES string of the molecule is C[C@H](Oc1ccc(-c2ccccc2)cc1)C(=O)N/N=C/c1cc([N+](=O)[O-])ccc1O. The molecular formula is C22H19N3O5. The number of ether oxygens (including phenoxy) is 1. The number of nitro groups is 1. The monoisotopic (exact) mass is 405 g/mol. The fraction of sp³-hybridized carbons (Fsp3) is 0.0909. The van der Waals surface area contributed by atoms with Gasteiger partial charge in [-0.2, -0.15) is 5.10 Å². The van der Waals surface area contributed by atoms with E-state index in [1.54, 1.807) is 19.1 Å². The topological polar surface area (TPSA) is 114 Å². The molecule has 3 rings (SSSR count). The maximum atomic E-state index is 12.2. The number of hydrogen-bond acceptors (Lipinski definition) is 6. The Balaban J connectivity index is 1.58. The number of rotatable bonds is 7. The molecule has 0 aromatic heterocycles. The molecule has 2 N–H and O–H groups in total. The van der Waals surface area contributed by atoms with Crippen LogP contribution in [0.1, 0.15) is 12.5 Å². The largest absolute Gasteiger partial charge is 0.507 e. The Kier molecular flexibility index (Phi) is 6.39. The highest BCUT2D eigenvalue weighted by atomic mass is 16.6.